The van der Waals surface area contributed by atoms with Crippen molar-refractivity contribution in [3.05, 3.63) is 40.2 Å². The second-order valence-corrected chi connectivity index (χ2v) is 6.04. The highest BCUT2D eigenvalue weighted by Gasteiger charge is 2.06. The number of fused-ring (bicyclic) bond motifs is 1. The Labute approximate surface area is 132 Å². The van der Waals surface area contributed by atoms with Gasteiger partial charge in [-0.05, 0) is 30.5 Å². The Kier molecular flexibility index (Phi) is 6.50. The Morgan fingerprint density at radius 3 is 2.41 bits per heavy atom. The van der Waals surface area contributed by atoms with Gasteiger partial charge in [-0.2, -0.15) is 0 Å². The van der Waals surface area contributed by atoms with E-state index in [2.05, 4.69) is 13.0 Å². The first-order chi connectivity index (χ1) is 10.7. The lowest BCUT2D eigenvalue weighted by Gasteiger charge is -2.06. The predicted molar refractivity (Wildman–Crippen MR) is 93.2 cm³/mol. The van der Waals surface area contributed by atoms with Crippen molar-refractivity contribution in [3.63, 3.8) is 0 Å². The van der Waals surface area contributed by atoms with E-state index in [-0.39, 0.29) is 5.69 Å². The smallest absolute Gasteiger partial charge is 0.359 e. The first-order valence-corrected chi connectivity index (χ1v) is 8.53. The maximum Gasteiger partial charge on any atom is 0.359 e. The van der Waals surface area contributed by atoms with Gasteiger partial charge >= 0.3 is 5.63 Å². The maximum atomic E-state index is 11.5. The molecule has 0 fully saturated rings. The SMILES string of the molecule is CCCCCCCCCCc1cccc2oc(=O)c(N)cc12. The minimum Gasteiger partial charge on any atom is -0.421 e. The lowest BCUT2D eigenvalue weighted by Crippen LogP contribution is -2.06. The van der Waals surface area contributed by atoms with Gasteiger partial charge in [0.2, 0.25) is 0 Å². The van der Waals surface area contributed by atoms with Gasteiger partial charge in [0.15, 0.2) is 0 Å². The van der Waals surface area contributed by atoms with Crippen molar-refractivity contribution in [2.45, 2.75) is 64.7 Å². The summed E-state index contributed by atoms with van der Waals surface area (Å²) in [5, 5.41) is 0.975. The number of rotatable bonds is 9. The van der Waals surface area contributed by atoms with Crippen molar-refractivity contribution in [2.24, 2.45) is 0 Å². The van der Waals surface area contributed by atoms with Crippen LogP contribution in [0.3, 0.4) is 0 Å². The molecule has 3 nitrogen and oxygen atoms in total. The lowest BCUT2D eigenvalue weighted by atomic mass is 10.0. The Bertz CT molecular complexity index is 645. The molecule has 0 unspecified atom stereocenters. The van der Waals surface area contributed by atoms with Gasteiger partial charge in [-0.25, -0.2) is 4.79 Å². The van der Waals surface area contributed by atoms with Crippen molar-refractivity contribution < 1.29 is 4.42 Å². The quantitative estimate of drug-likeness (QED) is 0.520. The second kappa shape index (κ2) is 8.62. The average Bonchev–Trinajstić information content (AvgIpc) is 2.51. The van der Waals surface area contributed by atoms with E-state index in [9.17, 15) is 4.79 Å². The van der Waals surface area contributed by atoms with Crippen LogP contribution in [-0.2, 0) is 6.42 Å². The van der Waals surface area contributed by atoms with E-state index in [0.717, 1.165) is 11.8 Å². The molecule has 0 aliphatic rings. The standard InChI is InChI=1S/C19H27NO2/c1-2-3-4-5-6-7-8-9-11-15-12-10-13-18-16(15)14-17(20)19(21)22-18/h10,12-14H,2-9,11,20H2,1H3. The van der Waals surface area contributed by atoms with Gasteiger partial charge in [-0.3, -0.25) is 0 Å². The Hall–Kier alpha value is -1.77. The second-order valence-electron chi connectivity index (χ2n) is 6.04. The molecule has 3 heteroatoms. The average molecular weight is 301 g/mol. The van der Waals surface area contributed by atoms with Crippen LogP contribution < -0.4 is 11.4 Å². The molecular weight excluding hydrogens is 274 g/mol. The van der Waals surface area contributed by atoms with E-state index in [1.165, 1.54) is 56.9 Å². The summed E-state index contributed by atoms with van der Waals surface area (Å²) < 4.78 is 5.23. The summed E-state index contributed by atoms with van der Waals surface area (Å²) in [6.45, 7) is 2.25. The molecule has 0 atom stereocenters. The van der Waals surface area contributed by atoms with Crippen LogP contribution in [-0.4, -0.2) is 0 Å². The Morgan fingerprint density at radius 2 is 1.68 bits per heavy atom. The van der Waals surface area contributed by atoms with Crippen molar-refractivity contribution >= 4 is 16.7 Å². The zero-order valence-corrected chi connectivity index (χ0v) is 13.6. The topological polar surface area (TPSA) is 56.2 Å². The van der Waals surface area contributed by atoms with Crippen molar-refractivity contribution in [2.75, 3.05) is 5.73 Å². The first-order valence-electron chi connectivity index (χ1n) is 8.53. The molecule has 0 spiro atoms. The molecule has 2 aromatic rings. The van der Waals surface area contributed by atoms with Crippen LogP contribution in [0.2, 0.25) is 0 Å². The molecule has 120 valence electrons. The highest BCUT2D eigenvalue weighted by atomic mass is 16.4. The lowest BCUT2D eigenvalue weighted by molar-refractivity contribution is 0.563. The summed E-state index contributed by atoms with van der Waals surface area (Å²) in [6, 6.07) is 7.62. The molecule has 22 heavy (non-hydrogen) atoms. The molecule has 0 radical (unpaired) electrons. The Balaban J connectivity index is 1.84. The number of nitrogens with two attached hydrogens (primary N) is 1. The van der Waals surface area contributed by atoms with Crippen LogP contribution in [0.25, 0.3) is 11.0 Å². The summed E-state index contributed by atoms with van der Waals surface area (Å²) in [4.78, 5) is 11.5. The number of hydrogen-bond donors (Lipinski definition) is 1. The predicted octanol–water partition coefficient (Wildman–Crippen LogP) is 5.06. The van der Waals surface area contributed by atoms with Crippen LogP contribution in [0.4, 0.5) is 5.69 Å². The normalized spacial score (nSPS) is 11.1. The monoisotopic (exact) mass is 301 g/mol. The van der Waals surface area contributed by atoms with Gasteiger partial charge in [0.05, 0.1) is 0 Å². The van der Waals surface area contributed by atoms with E-state index < -0.39 is 5.63 Å². The molecule has 0 bridgehead atoms. The van der Waals surface area contributed by atoms with Crippen molar-refractivity contribution in [1.82, 2.24) is 0 Å². The van der Waals surface area contributed by atoms with E-state index in [0.29, 0.717) is 5.58 Å². The fourth-order valence-electron chi connectivity index (χ4n) is 2.88. The summed E-state index contributed by atoms with van der Waals surface area (Å²) in [5.41, 5.74) is 7.28. The molecule has 0 saturated carbocycles. The molecular formula is C19H27NO2. The van der Waals surface area contributed by atoms with Crippen LogP contribution >= 0.6 is 0 Å². The van der Waals surface area contributed by atoms with Gasteiger partial charge in [-0.1, -0.05) is 64.0 Å². The highest BCUT2D eigenvalue weighted by molar-refractivity contribution is 5.82. The van der Waals surface area contributed by atoms with Gasteiger partial charge in [0.25, 0.3) is 0 Å². The fourth-order valence-corrected chi connectivity index (χ4v) is 2.88. The number of benzene rings is 1. The van der Waals surface area contributed by atoms with Gasteiger partial charge < -0.3 is 10.2 Å². The van der Waals surface area contributed by atoms with Crippen LogP contribution in [0.15, 0.2) is 33.5 Å². The summed E-state index contributed by atoms with van der Waals surface area (Å²) >= 11 is 0. The highest BCUT2D eigenvalue weighted by Crippen LogP contribution is 2.21. The van der Waals surface area contributed by atoms with Crippen molar-refractivity contribution in [1.29, 1.82) is 0 Å². The largest absolute Gasteiger partial charge is 0.421 e. The third kappa shape index (κ3) is 4.62. The minimum atomic E-state index is -0.447. The van der Waals surface area contributed by atoms with Gasteiger partial charge in [0.1, 0.15) is 11.3 Å². The molecule has 1 aromatic heterocycles. The third-order valence-electron chi connectivity index (χ3n) is 4.19. The maximum absolute atomic E-state index is 11.5. The fraction of sp³-hybridized carbons (Fsp3) is 0.526. The molecule has 0 aliphatic carbocycles. The zero-order valence-electron chi connectivity index (χ0n) is 13.6. The van der Waals surface area contributed by atoms with Crippen molar-refractivity contribution in [3.8, 4) is 0 Å². The van der Waals surface area contributed by atoms with E-state index >= 15 is 0 Å². The van der Waals surface area contributed by atoms with E-state index in [1.807, 2.05) is 12.1 Å². The van der Waals surface area contributed by atoms with Gasteiger partial charge in [0, 0.05) is 5.39 Å². The molecule has 0 aliphatic heterocycles. The number of aryl methyl sites for hydroxylation is 1. The molecule has 1 heterocycles. The molecule has 1 aromatic carbocycles. The number of nitrogen functional groups attached to an aromatic ring is 1. The molecule has 0 amide bonds. The van der Waals surface area contributed by atoms with Crippen LogP contribution in [0.1, 0.15) is 63.9 Å². The zero-order chi connectivity index (χ0) is 15.8. The Morgan fingerprint density at radius 1 is 1.00 bits per heavy atom. The molecule has 0 saturated heterocycles. The number of hydrogen-bond acceptors (Lipinski definition) is 3. The number of unbranched alkanes of at least 4 members (excludes halogenated alkanes) is 7. The molecule has 2 rings (SSSR count). The summed E-state index contributed by atoms with van der Waals surface area (Å²) in [5.74, 6) is 0. The summed E-state index contributed by atoms with van der Waals surface area (Å²) in [7, 11) is 0. The van der Waals surface area contributed by atoms with Gasteiger partial charge in [-0.15, -0.1) is 0 Å². The summed E-state index contributed by atoms with van der Waals surface area (Å²) in [6.07, 6.45) is 11.5. The van der Waals surface area contributed by atoms with E-state index in [1.54, 1.807) is 6.07 Å². The third-order valence-corrected chi connectivity index (χ3v) is 4.19. The van der Waals surface area contributed by atoms with E-state index in [4.69, 9.17) is 10.2 Å². The minimum absolute atomic E-state index is 0.191. The number of anilines is 1. The van der Waals surface area contributed by atoms with Crippen LogP contribution in [0.5, 0.6) is 0 Å². The first kappa shape index (κ1) is 16.6. The van der Waals surface area contributed by atoms with Crippen LogP contribution in [0, 0.1) is 0 Å². The molecule has 2 N–H and O–H groups in total.